The molecule has 148 valence electrons. The third-order valence-electron chi connectivity index (χ3n) is 4.40. The van der Waals surface area contributed by atoms with E-state index in [1.54, 1.807) is 12.1 Å². The molecule has 0 fully saturated rings. The molecule has 0 aliphatic carbocycles. The van der Waals surface area contributed by atoms with Gasteiger partial charge in [-0.1, -0.05) is 30.2 Å². The molecule has 0 aliphatic rings. The predicted octanol–water partition coefficient (Wildman–Crippen LogP) is 2.89. The molecule has 29 heavy (non-hydrogen) atoms. The van der Waals surface area contributed by atoms with Crippen LogP contribution in [-0.2, 0) is 11.2 Å². The maximum absolute atomic E-state index is 12.2. The smallest absolute Gasteiger partial charge is 0.246 e. The molecule has 6 nitrogen and oxygen atoms in total. The molecule has 3 rings (SSSR count). The highest BCUT2D eigenvalue weighted by Gasteiger charge is 2.05. The number of fused-ring (bicyclic) bond motifs is 1. The van der Waals surface area contributed by atoms with Crippen LogP contribution in [0.15, 0.2) is 59.7 Å². The van der Waals surface area contributed by atoms with Gasteiger partial charge in [-0.2, -0.15) is 0 Å². The van der Waals surface area contributed by atoms with Crippen molar-refractivity contribution in [1.82, 2.24) is 15.6 Å². The quantitative estimate of drug-likeness (QED) is 0.286. The van der Waals surface area contributed by atoms with Crippen molar-refractivity contribution in [3.63, 3.8) is 0 Å². The molecule has 0 saturated heterocycles. The molecule has 0 radical (unpaired) electrons. The van der Waals surface area contributed by atoms with Crippen LogP contribution in [0.2, 0.25) is 0 Å². The number of guanidine groups is 1. The average molecular weight is 387 g/mol. The number of hydrogen-bond donors (Lipinski definition) is 4. The van der Waals surface area contributed by atoms with Crippen molar-refractivity contribution in [3.05, 3.63) is 65.9 Å². The standard InChI is InChI=1S/C23H25N5O/c1-3-17-8-7-9-19(14-17)28-22(29)16-27-23(24-4-2)25-13-12-18-15-26-21-11-6-5-10-20(18)21/h1,5-11,14-15,26H,4,12-13,16H2,2H3,(H,28,29)(H2,24,25,27). The van der Waals surface area contributed by atoms with E-state index in [0.717, 1.165) is 17.5 Å². The number of amides is 1. The molecule has 0 saturated carbocycles. The summed E-state index contributed by atoms with van der Waals surface area (Å²) in [6, 6.07) is 15.4. The highest BCUT2D eigenvalue weighted by molar-refractivity contribution is 5.94. The van der Waals surface area contributed by atoms with Crippen molar-refractivity contribution in [2.24, 2.45) is 4.99 Å². The first-order chi connectivity index (χ1) is 14.2. The summed E-state index contributed by atoms with van der Waals surface area (Å²) >= 11 is 0. The number of H-pyrrole nitrogens is 1. The van der Waals surface area contributed by atoms with Gasteiger partial charge in [-0.05, 0) is 43.2 Å². The van der Waals surface area contributed by atoms with Gasteiger partial charge in [0.05, 0.1) is 0 Å². The van der Waals surface area contributed by atoms with E-state index in [1.165, 1.54) is 10.9 Å². The monoisotopic (exact) mass is 387 g/mol. The van der Waals surface area contributed by atoms with Crippen molar-refractivity contribution < 1.29 is 4.79 Å². The average Bonchev–Trinajstić information content (AvgIpc) is 3.15. The highest BCUT2D eigenvalue weighted by atomic mass is 16.1. The van der Waals surface area contributed by atoms with Gasteiger partial charge in [0.1, 0.15) is 6.54 Å². The Morgan fingerprint density at radius 2 is 2.03 bits per heavy atom. The van der Waals surface area contributed by atoms with E-state index in [9.17, 15) is 4.79 Å². The molecule has 0 atom stereocenters. The second kappa shape index (κ2) is 10.00. The van der Waals surface area contributed by atoms with Gasteiger partial charge in [-0.3, -0.25) is 4.79 Å². The minimum Gasteiger partial charge on any atom is -0.361 e. The lowest BCUT2D eigenvalue weighted by molar-refractivity contribution is -0.114. The number of terminal acetylenes is 1. The number of aromatic nitrogens is 1. The molecule has 0 unspecified atom stereocenters. The molecule has 1 aromatic heterocycles. The lowest BCUT2D eigenvalue weighted by atomic mass is 10.1. The molecular weight excluding hydrogens is 362 g/mol. The number of aliphatic imine (C=N–C) groups is 1. The third-order valence-corrected chi connectivity index (χ3v) is 4.40. The molecule has 1 amide bonds. The van der Waals surface area contributed by atoms with Crippen LogP contribution in [0, 0.1) is 12.3 Å². The topological polar surface area (TPSA) is 81.3 Å². The Kier molecular flexibility index (Phi) is 6.90. The number of carbonyl (C=O) groups is 1. The van der Waals surface area contributed by atoms with Gasteiger partial charge < -0.3 is 20.9 Å². The molecule has 0 aliphatic heterocycles. The number of hydrogen-bond acceptors (Lipinski definition) is 2. The van der Waals surface area contributed by atoms with Crippen LogP contribution in [-0.4, -0.2) is 36.5 Å². The lowest BCUT2D eigenvalue weighted by Gasteiger charge is -2.11. The summed E-state index contributed by atoms with van der Waals surface area (Å²) in [5, 5.41) is 10.5. The van der Waals surface area contributed by atoms with Gasteiger partial charge in [0.2, 0.25) is 5.91 Å². The fraction of sp³-hybridized carbons (Fsp3) is 0.217. The van der Waals surface area contributed by atoms with E-state index in [4.69, 9.17) is 6.42 Å². The first kappa shape index (κ1) is 20.0. The summed E-state index contributed by atoms with van der Waals surface area (Å²) in [6.45, 7) is 3.43. The van der Waals surface area contributed by atoms with Crippen LogP contribution in [0.5, 0.6) is 0 Å². The van der Waals surface area contributed by atoms with Crippen molar-refractivity contribution >= 4 is 28.5 Å². The van der Waals surface area contributed by atoms with E-state index in [-0.39, 0.29) is 12.5 Å². The zero-order valence-corrected chi connectivity index (χ0v) is 16.5. The summed E-state index contributed by atoms with van der Waals surface area (Å²) in [4.78, 5) is 19.8. The first-order valence-electron chi connectivity index (χ1n) is 9.63. The Morgan fingerprint density at radius 3 is 2.86 bits per heavy atom. The van der Waals surface area contributed by atoms with Gasteiger partial charge in [-0.25, -0.2) is 4.99 Å². The van der Waals surface area contributed by atoms with E-state index < -0.39 is 0 Å². The molecule has 3 aromatic rings. The third kappa shape index (κ3) is 5.63. The normalized spacial score (nSPS) is 11.1. The highest BCUT2D eigenvalue weighted by Crippen LogP contribution is 2.17. The minimum atomic E-state index is -0.201. The van der Waals surface area contributed by atoms with Crippen LogP contribution in [0.25, 0.3) is 10.9 Å². The number of nitrogens with zero attached hydrogens (tertiary/aromatic N) is 1. The van der Waals surface area contributed by atoms with Gasteiger partial charge in [-0.15, -0.1) is 6.42 Å². The first-order valence-corrected chi connectivity index (χ1v) is 9.63. The summed E-state index contributed by atoms with van der Waals surface area (Å²) in [5.41, 5.74) is 3.76. The number of rotatable bonds is 7. The van der Waals surface area contributed by atoms with E-state index in [2.05, 4.69) is 44.0 Å². The molecular formula is C23H25N5O. The number of anilines is 1. The number of nitrogens with one attached hydrogen (secondary N) is 4. The van der Waals surface area contributed by atoms with Crippen LogP contribution in [0.3, 0.4) is 0 Å². The van der Waals surface area contributed by atoms with Gasteiger partial charge in [0.15, 0.2) is 5.96 Å². The molecule has 6 heteroatoms. The van der Waals surface area contributed by atoms with E-state index in [1.807, 2.05) is 37.4 Å². The maximum atomic E-state index is 12.2. The SMILES string of the molecule is C#Cc1cccc(NC(=O)CN=C(NCC)NCCc2c[nH]c3ccccc23)c1. The summed E-state index contributed by atoms with van der Waals surface area (Å²) < 4.78 is 0. The minimum absolute atomic E-state index is 0.0166. The van der Waals surface area contributed by atoms with Crippen molar-refractivity contribution in [2.75, 3.05) is 25.0 Å². The van der Waals surface area contributed by atoms with Crippen LogP contribution in [0.1, 0.15) is 18.1 Å². The number of benzene rings is 2. The fourth-order valence-electron chi connectivity index (χ4n) is 3.03. The molecule has 0 bridgehead atoms. The number of carbonyl (C=O) groups excluding carboxylic acids is 1. The van der Waals surface area contributed by atoms with Gasteiger partial charge >= 0.3 is 0 Å². The maximum Gasteiger partial charge on any atom is 0.246 e. The Balaban J connectivity index is 1.53. The summed E-state index contributed by atoms with van der Waals surface area (Å²) in [7, 11) is 0. The fourth-order valence-corrected chi connectivity index (χ4v) is 3.03. The van der Waals surface area contributed by atoms with E-state index in [0.29, 0.717) is 24.7 Å². The number of aromatic amines is 1. The Hall–Kier alpha value is -3.72. The zero-order chi connectivity index (χ0) is 20.5. The van der Waals surface area contributed by atoms with Crippen molar-refractivity contribution in [2.45, 2.75) is 13.3 Å². The van der Waals surface area contributed by atoms with Crippen molar-refractivity contribution in [3.8, 4) is 12.3 Å². The van der Waals surface area contributed by atoms with Crippen LogP contribution in [0.4, 0.5) is 5.69 Å². The lowest BCUT2D eigenvalue weighted by Crippen LogP contribution is -2.39. The van der Waals surface area contributed by atoms with Crippen LogP contribution < -0.4 is 16.0 Å². The largest absolute Gasteiger partial charge is 0.361 e. The summed E-state index contributed by atoms with van der Waals surface area (Å²) in [5.74, 6) is 2.96. The Bertz CT molecular complexity index is 1040. The van der Waals surface area contributed by atoms with E-state index >= 15 is 0 Å². The van der Waals surface area contributed by atoms with Crippen LogP contribution >= 0.6 is 0 Å². The van der Waals surface area contributed by atoms with Crippen molar-refractivity contribution in [1.29, 1.82) is 0 Å². The second-order valence-corrected chi connectivity index (χ2v) is 6.50. The molecule has 2 aromatic carbocycles. The number of para-hydroxylation sites is 1. The zero-order valence-electron chi connectivity index (χ0n) is 16.5. The van der Waals surface area contributed by atoms with Gasteiger partial charge in [0, 0.05) is 41.4 Å². The predicted molar refractivity (Wildman–Crippen MR) is 119 cm³/mol. The molecule has 0 spiro atoms. The molecule has 4 N–H and O–H groups in total. The Morgan fingerprint density at radius 1 is 1.17 bits per heavy atom. The molecule has 1 heterocycles. The summed E-state index contributed by atoms with van der Waals surface area (Å²) in [6.07, 6.45) is 8.27. The van der Waals surface area contributed by atoms with Gasteiger partial charge in [0.25, 0.3) is 0 Å². The Labute approximate surface area is 170 Å². The second-order valence-electron chi connectivity index (χ2n) is 6.50.